The minimum Gasteiger partial charge on any atom is -0.494 e. The molecular formula is C20H24N2O5. The molecule has 1 aromatic carbocycles. The Labute approximate surface area is 158 Å². The highest BCUT2D eigenvalue weighted by molar-refractivity contribution is 5.88. The zero-order chi connectivity index (χ0) is 19.3. The van der Waals surface area contributed by atoms with Gasteiger partial charge in [0.1, 0.15) is 5.75 Å². The highest BCUT2D eigenvalue weighted by Crippen LogP contribution is 2.17. The number of nitro benzene ring substituents is 1. The number of carbonyl (C=O) groups is 1. The fourth-order valence-corrected chi connectivity index (χ4v) is 2.50. The van der Waals surface area contributed by atoms with Crippen LogP contribution in [0.5, 0.6) is 5.75 Å². The summed E-state index contributed by atoms with van der Waals surface area (Å²) in [4.78, 5) is 25.8. The van der Waals surface area contributed by atoms with Crippen LogP contribution in [0.2, 0.25) is 0 Å². The van der Waals surface area contributed by atoms with Crippen LogP contribution in [-0.2, 0) is 4.74 Å². The summed E-state index contributed by atoms with van der Waals surface area (Å²) in [6.07, 6.45) is 9.17. The standard InChI is InChI=1S/C20H24N2O5/c23-20(17-8-7-13-21-16-17)27-15-6-4-2-1-3-5-14-26-19-11-9-18(10-12-19)22(24)25/h7-13,16H,1-6,14-15H2. The van der Waals surface area contributed by atoms with E-state index in [1.807, 2.05) is 0 Å². The van der Waals surface area contributed by atoms with Crippen molar-refractivity contribution in [1.82, 2.24) is 4.98 Å². The number of rotatable bonds is 12. The van der Waals surface area contributed by atoms with E-state index >= 15 is 0 Å². The van der Waals surface area contributed by atoms with E-state index in [1.54, 1.807) is 30.5 Å². The molecule has 2 rings (SSSR count). The lowest BCUT2D eigenvalue weighted by molar-refractivity contribution is -0.384. The van der Waals surface area contributed by atoms with Gasteiger partial charge in [-0.15, -0.1) is 0 Å². The van der Waals surface area contributed by atoms with Gasteiger partial charge in [-0.25, -0.2) is 4.79 Å². The maximum absolute atomic E-state index is 11.7. The van der Waals surface area contributed by atoms with Gasteiger partial charge in [-0.05, 0) is 37.1 Å². The van der Waals surface area contributed by atoms with Gasteiger partial charge in [-0.3, -0.25) is 15.1 Å². The van der Waals surface area contributed by atoms with Gasteiger partial charge >= 0.3 is 5.97 Å². The van der Waals surface area contributed by atoms with Crippen LogP contribution in [-0.4, -0.2) is 29.1 Å². The van der Waals surface area contributed by atoms with Crippen molar-refractivity contribution < 1.29 is 19.2 Å². The first-order chi connectivity index (χ1) is 13.2. The molecular weight excluding hydrogens is 348 g/mol. The summed E-state index contributed by atoms with van der Waals surface area (Å²) in [6, 6.07) is 9.51. The van der Waals surface area contributed by atoms with Crippen LogP contribution in [0.1, 0.15) is 48.9 Å². The lowest BCUT2D eigenvalue weighted by atomic mass is 10.1. The number of hydrogen-bond donors (Lipinski definition) is 0. The number of unbranched alkanes of at least 4 members (excludes halogenated alkanes) is 5. The van der Waals surface area contributed by atoms with Crippen LogP contribution in [0.15, 0.2) is 48.8 Å². The van der Waals surface area contributed by atoms with Gasteiger partial charge < -0.3 is 9.47 Å². The third-order valence-corrected chi connectivity index (χ3v) is 3.99. The van der Waals surface area contributed by atoms with Crippen molar-refractivity contribution in [2.75, 3.05) is 13.2 Å². The Balaban J connectivity index is 1.43. The predicted octanol–water partition coefficient (Wildman–Crippen LogP) is 4.57. The van der Waals surface area contributed by atoms with Crippen molar-refractivity contribution in [3.05, 3.63) is 64.5 Å². The molecule has 7 nitrogen and oxygen atoms in total. The molecule has 0 aliphatic rings. The normalized spacial score (nSPS) is 10.4. The number of aromatic nitrogens is 1. The molecule has 1 heterocycles. The zero-order valence-electron chi connectivity index (χ0n) is 15.2. The Morgan fingerprint density at radius 2 is 1.63 bits per heavy atom. The highest BCUT2D eigenvalue weighted by atomic mass is 16.6. The minimum atomic E-state index is -0.427. The van der Waals surface area contributed by atoms with Crippen molar-refractivity contribution >= 4 is 11.7 Å². The summed E-state index contributed by atoms with van der Waals surface area (Å²) in [5.41, 5.74) is 0.541. The topological polar surface area (TPSA) is 91.6 Å². The van der Waals surface area contributed by atoms with Crippen LogP contribution < -0.4 is 4.74 Å². The van der Waals surface area contributed by atoms with E-state index in [2.05, 4.69) is 4.98 Å². The number of ether oxygens (including phenoxy) is 2. The van der Waals surface area contributed by atoms with Gasteiger partial charge in [-0.2, -0.15) is 0 Å². The van der Waals surface area contributed by atoms with Gasteiger partial charge in [0.25, 0.3) is 5.69 Å². The van der Waals surface area contributed by atoms with Gasteiger partial charge in [0, 0.05) is 24.5 Å². The van der Waals surface area contributed by atoms with Gasteiger partial charge in [-0.1, -0.05) is 25.7 Å². The second kappa shape index (κ2) is 11.6. The minimum absolute atomic E-state index is 0.0634. The molecule has 0 bridgehead atoms. The smallest absolute Gasteiger partial charge is 0.339 e. The number of nitro groups is 1. The number of carbonyl (C=O) groups excluding carboxylic acids is 1. The van der Waals surface area contributed by atoms with E-state index in [9.17, 15) is 14.9 Å². The Hall–Kier alpha value is -2.96. The molecule has 2 aromatic rings. The van der Waals surface area contributed by atoms with E-state index in [0.29, 0.717) is 24.5 Å². The van der Waals surface area contributed by atoms with E-state index in [4.69, 9.17) is 9.47 Å². The second-order valence-electron chi connectivity index (χ2n) is 6.10. The van der Waals surface area contributed by atoms with E-state index in [-0.39, 0.29) is 11.7 Å². The Kier molecular flexibility index (Phi) is 8.76. The first-order valence-electron chi connectivity index (χ1n) is 9.11. The third-order valence-electron chi connectivity index (χ3n) is 3.99. The molecule has 0 spiro atoms. The van der Waals surface area contributed by atoms with Gasteiger partial charge in [0.2, 0.25) is 0 Å². The monoisotopic (exact) mass is 372 g/mol. The number of pyridine rings is 1. The fraction of sp³-hybridized carbons (Fsp3) is 0.400. The number of non-ortho nitro benzene ring substituents is 1. The fourth-order valence-electron chi connectivity index (χ4n) is 2.50. The summed E-state index contributed by atoms with van der Waals surface area (Å²) < 4.78 is 10.8. The summed E-state index contributed by atoms with van der Waals surface area (Å²) in [7, 11) is 0. The summed E-state index contributed by atoms with van der Waals surface area (Å²) in [5, 5.41) is 10.6. The van der Waals surface area contributed by atoms with Crippen molar-refractivity contribution in [3.8, 4) is 5.75 Å². The van der Waals surface area contributed by atoms with Crippen molar-refractivity contribution in [3.63, 3.8) is 0 Å². The van der Waals surface area contributed by atoms with Crippen molar-refractivity contribution in [2.45, 2.75) is 38.5 Å². The number of esters is 1. The summed E-state index contributed by atoms with van der Waals surface area (Å²) >= 11 is 0. The molecule has 0 aliphatic heterocycles. The molecule has 0 saturated heterocycles. The summed E-state index contributed by atoms with van der Waals surface area (Å²) in [6.45, 7) is 1.03. The molecule has 7 heteroatoms. The molecule has 0 N–H and O–H groups in total. The molecule has 0 saturated carbocycles. The lowest BCUT2D eigenvalue weighted by Crippen LogP contribution is -2.06. The van der Waals surface area contributed by atoms with Crippen LogP contribution in [0.4, 0.5) is 5.69 Å². The largest absolute Gasteiger partial charge is 0.494 e. The Morgan fingerprint density at radius 3 is 2.26 bits per heavy atom. The van der Waals surface area contributed by atoms with E-state index in [0.717, 1.165) is 38.5 Å². The zero-order valence-corrected chi connectivity index (χ0v) is 15.2. The highest BCUT2D eigenvalue weighted by Gasteiger charge is 2.06. The molecule has 0 atom stereocenters. The van der Waals surface area contributed by atoms with E-state index in [1.165, 1.54) is 18.3 Å². The molecule has 0 amide bonds. The average Bonchev–Trinajstić information content (AvgIpc) is 2.70. The van der Waals surface area contributed by atoms with Crippen LogP contribution in [0.3, 0.4) is 0 Å². The first-order valence-corrected chi connectivity index (χ1v) is 9.11. The van der Waals surface area contributed by atoms with Crippen molar-refractivity contribution in [1.29, 1.82) is 0 Å². The Bertz CT molecular complexity index is 704. The molecule has 0 radical (unpaired) electrons. The van der Waals surface area contributed by atoms with Crippen LogP contribution >= 0.6 is 0 Å². The van der Waals surface area contributed by atoms with Crippen LogP contribution in [0, 0.1) is 10.1 Å². The van der Waals surface area contributed by atoms with E-state index < -0.39 is 4.92 Å². The van der Waals surface area contributed by atoms with Crippen molar-refractivity contribution in [2.24, 2.45) is 0 Å². The molecule has 144 valence electrons. The Morgan fingerprint density at radius 1 is 0.963 bits per heavy atom. The molecule has 27 heavy (non-hydrogen) atoms. The predicted molar refractivity (Wildman–Crippen MR) is 101 cm³/mol. The third kappa shape index (κ3) is 7.85. The molecule has 0 aliphatic carbocycles. The maximum Gasteiger partial charge on any atom is 0.339 e. The quantitative estimate of drug-likeness (QED) is 0.235. The molecule has 0 unspecified atom stereocenters. The SMILES string of the molecule is O=C(OCCCCCCCCOc1ccc([N+](=O)[O-])cc1)c1cccnc1. The van der Waals surface area contributed by atoms with Gasteiger partial charge in [0.15, 0.2) is 0 Å². The summed E-state index contributed by atoms with van der Waals surface area (Å²) in [5.74, 6) is 0.322. The number of benzene rings is 1. The molecule has 1 aromatic heterocycles. The maximum atomic E-state index is 11.7. The first kappa shape index (κ1) is 20.4. The number of nitrogens with zero attached hydrogens (tertiary/aromatic N) is 2. The van der Waals surface area contributed by atoms with Gasteiger partial charge in [0.05, 0.1) is 23.7 Å². The second-order valence-corrected chi connectivity index (χ2v) is 6.10. The molecule has 0 fully saturated rings. The average molecular weight is 372 g/mol. The number of hydrogen-bond acceptors (Lipinski definition) is 6. The lowest BCUT2D eigenvalue weighted by Gasteiger charge is -2.06. The van der Waals surface area contributed by atoms with Crippen LogP contribution in [0.25, 0.3) is 0 Å².